The quantitative estimate of drug-likeness (QED) is 0.849. The molecule has 0 aliphatic carbocycles. The molecule has 0 amide bonds. The monoisotopic (exact) mass is 268 g/mol. The molecular weight excluding hydrogens is 252 g/mol. The molecule has 1 saturated heterocycles. The van der Waals surface area contributed by atoms with Crippen molar-refractivity contribution in [1.29, 1.82) is 0 Å². The smallest absolute Gasteiger partial charge is 0.0380 e. The maximum absolute atomic E-state index is 5.90. The van der Waals surface area contributed by atoms with Crippen LogP contribution in [0.2, 0.25) is 0 Å². The van der Waals surface area contributed by atoms with E-state index in [1.165, 1.54) is 11.3 Å². The van der Waals surface area contributed by atoms with Gasteiger partial charge in [0.25, 0.3) is 0 Å². The highest BCUT2D eigenvalue weighted by Gasteiger charge is 2.16. The molecule has 0 aromatic heterocycles. The Morgan fingerprint density at radius 3 is 2.53 bits per heavy atom. The third-order valence-electron chi connectivity index (χ3n) is 2.93. The lowest BCUT2D eigenvalue weighted by Crippen LogP contribution is -2.39. The van der Waals surface area contributed by atoms with E-state index in [2.05, 4.69) is 46.0 Å². The van der Waals surface area contributed by atoms with Gasteiger partial charge in [0.05, 0.1) is 0 Å². The van der Waals surface area contributed by atoms with Gasteiger partial charge in [0, 0.05) is 29.3 Å². The van der Waals surface area contributed by atoms with Crippen molar-refractivity contribution in [2.45, 2.75) is 25.8 Å². The van der Waals surface area contributed by atoms with Crippen LogP contribution in [0.1, 0.15) is 18.4 Å². The summed E-state index contributed by atoms with van der Waals surface area (Å²) in [7, 11) is 0. The molecule has 0 atom stereocenters. The summed E-state index contributed by atoms with van der Waals surface area (Å²) in [6.07, 6.45) is 2.21. The number of aryl methyl sites for hydroxylation is 1. The van der Waals surface area contributed by atoms with E-state index in [0.29, 0.717) is 6.04 Å². The molecule has 1 aliphatic rings. The number of nitrogens with two attached hydrogens (primary N) is 1. The summed E-state index contributed by atoms with van der Waals surface area (Å²) < 4.78 is 1.16. The second-order valence-electron chi connectivity index (χ2n) is 4.31. The SMILES string of the molecule is Cc1cc(Br)cc(N2CCC(N)CC2)c1. The van der Waals surface area contributed by atoms with Crippen molar-refractivity contribution in [3.63, 3.8) is 0 Å². The van der Waals surface area contributed by atoms with E-state index in [-0.39, 0.29) is 0 Å². The first kappa shape index (κ1) is 11.0. The minimum atomic E-state index is 0.398. The molecule has 0 unspecified atom stereocenters. The van der Waals surface area contributed by atoms with E-state index in [0.717, 1.165) is 30.4 Å². The molecule has 82 valence electrons. The van der Waals surface area contributed by atoms with Crippen LogP contribution < -0.4 is 10.6 Å². The van der Waals surface area contributed by atoms with Gasteiger partial charge in [0.1, 0.15) is 0 Å². The van der Waals surface area contributed by atoms with E-state index in [4.69, 9.17) is 5.73 Å². The van der Waals surface area contributed by atoms with Crippen molar-refractivity contribution in [2.75, 3.05) is 18.0 Å². The highest BCUT2D eigenvalue weighted by Crippen LogP contribution is 2.24. The van der Waals surface area contributed by atoms with E-state index >= 15 is 0 Å². The predicted molar refractivity (Wildman–Crippen MR) is 68.3 cm³/mol. The van der Waals surface area contributed by atoms with Crippen molar-refractivity contribution >= 4 is 21.6 Å². The molecule has 2 N–H and O–H groups in total. The Labute approximate surface area is 99.6 Å². The lowest BCUT2D eigenvalue weighted by Gasteiger charge is -2.32. The zero-order chi connectivity index (χ0) is 10.8. The van der Waals surface area contributed by atoms with Crippen LogP contribution in [-0.4, -0.2) is 19.1 Å². The van der Waals surface area contributed by atoms with Gasteiger partial charge >= 0.3 is 0 Å². The van der Waals surface area contributed by atoms with Crippen molar-refractivity contribution in [2.24, 2.45) is 5.73 Å². The van der Waals surface area contributed by atoms with Gasteiger partial charge in [-0.15, -0.1) is 0 Å². The third kappa shape index (κ3) is 2.73. The van der Waals surface area contributed by atoms with Crippen LogP contribution in [0, 0.1) is 6.92 Å². The van der Waals surface area contributed by atoms with Gasteiger partial charge < -0.3 is 10.6 Å². The molecule has 1 aromatic carbocycles. The molecule has 0 radical (unpaired) electrons. The van der Waals surface area contributed by atoms with E-state index in [1.54, 1.807) is 0 Å². The van der Waals surface area contributed by atoms with Crippen molar-refractivity contribution in [3.8, 4) is 0 Å². The first-order chi connectivity index (χ1) is 7.15. The van der Waals surface area contributed by atoms with Gasteiger partial charge in [-0.3, -0.25) is 0 Å². The number of hydrogen-bond donors (Lipinski definition) is 1. The zero-order valence-electron chi connectivity index (χ0n) is 9.04. The largest absolute Gasteiger partial charge is 0.371 e. The van der Waals surface area contributed by atoms with Crippen molar-refractivity contribution < 1.29 is 0 Å². The normalized spacial score (nSPS) is 18.2. The molecule has 3 heteroatoms. The van der Waals surface area contributed by atoms with Crippen LogP contribution in [0.15, 0.2) is 22.7 Å². The number of rotatable bonds is 1. The molecule has 2 nitrogen and oxygen atoms in total. The van der Waals surface area contributed by atoms with Gasteiger partial charge in [-0.05, 0) is 43.5 Å². The van der Waals surface area contributed by atoms with Crippen LogP contribution in [0.4, 0.5) is 5.69 Å². The molecular formula is C12H17BrN2. The summed E-state index contributed by atoms with van der Waals surface area (Å²) >= 11 is 3.54. The Hall–Kier alpha value is -0.540. The van der Waals surface area contributed by atoms with Crippen molar-refractivity contribution in [3.05, 3.63) is 28.2 Å². The van der Waals surface area contributed by atoms with E-state index in [9.17, 15) is 0 Å². The standard InChI is InChI=1S/C12H17BrN2/c1-9-6-10(13)8-12(7-9)15-4-2-11(14)3-5-15/h6-8,11H,2-5,14H2,1H3. The highest BCUT2D eigenvalue weighted by molar-refractivity contribution is 9.10. The van der Waals surface area contributed by atoms with E-state index < -0.39 is 0 Å². The molecule has 0 spiro atoms. The Bertz CT molecular complexity index is 323. The van der Waals surface area contributed by atoms with Gasteiger partial charge in [-0.2, -0.15) is 0 Å². The second-order valence-corrected chi connectivity index (χ2v) is 5.23. The molecule has 0 bridgehead atoms. The van der Waals surface area contributed by atoms with Gasteiger partial charge in [-0.1, -0.05) is 15.9 Å². The third-order valence-corrected chi connectivity index (χ3v) is 3.39. The topological polar surface area (TPSA) is 29.3 Å². The number of benzene rings is 1. The summed E-state index contributed by atoms with van der Waals surface area (Å²) in [6.45, 7) is 4.29. The Morgan fingerprint density at radius 1 is 1.27 bits per heavy atom. The Kier molecular flexibility index (Phi) is 3.32. The van der Waals surface area contributed by atoms with Crippen LogP contribution in [0.3, 0.4) is 0 Å². The van der Waals surface area contributed by atoms with Crippen LogP contribution in [0.25, 0.3) is 0 Å². The Morgan fingerprint density at radius 2 is 1.93 bits per heavy atom. The van der Waals surface area contributed by atoms with Gasteiger partial charge in [0.2, 0.25) is 0 Å². The lowest BCUT2D eigenvalue weighted by atomic mass is 10.1. The average Bonchev–Trinajstić information content (AvgIpc) is 2.17. The molecule has 1 fully saturated rings. The van der Waals surface area contributed by atoms with Crippen LogP contribution >= 0.6 is 15.9 Å². The van der Waals surface area contributed by atoms with E-state index in [1.807, 2.05) is 0 Å². The van der Waals surface area contributed by atoms with Crippen molar-refractivity contribution in [1.82, 2.24) is 0 Å². The molecule has 0 saturated carbocycles. The number of piperidine rings is 1. The second kappa shape index (κ2) is 4.54. The molecule has 15 heavy (non-hydrogen) atoms. The fraction of sp³-hybridized carbons (Fsp3) is 0.500. The molecule has 1 aliphatic heterocycles. The summed E-state index contributed by atoms with van der Waals surface area (Å²) in [5, 5.41) is 0. The maximum Gasteiger partial charge on any atom is 0.0380 e. The summed E-state index contributed by atoms with van der Waals surface area (Å²) in [6, 6.07) is 6.96. The number of hydrogen-bond acceptors (Lipinski definition) is 2. The zero-order valence-corrected chi connectivity index (χ0v) is 10.6. The minimum Gasteiger partial charge on any atom is -0.371 e. The minimum absolute atomic E-state index is 0.398. The molecule has 2 rings (SSSR count). The number of anilines is 1. The molecule has 1 heterocycles. The maximum atomic E-state index is 5.90. The average molecular weight is 269 g/mol. The fourth-order valence-corrected chi connectivity index (χ4v) is 2.65. The number of nitrogens with zero attached hydrogens (tertiary/aromatic N) is 1. The summed E-state index contributed by atoms with van der Waals surface area (Å²) in [4.78, 5) is 2.42. The predicted octanol–water partition coefficient (Wildman–Crippen LogP) is 2.69. The highest BCUT2D eigenvalue weighted by atomic mass is 79.9. The first-order valence-corrected chi connectivity index (χ1v) is 6.22. The number of halogens is 1. The fourth-order valence-electron chi connectivity index (χ4n) is 2.06. The first-order valence-electron chi connectivity index (χ1n) is 5.43. The van der Waals surface area contributed by atoms with Gasteiger partial charge in [0.15, 0.2) is 0 Å². The summed E-state index contributed by atoms with van der Waals surface area (Å²) in [5.41, 5.74) is 8.51. The summed E-state index contributed by atoms with van der Waals surface area (Å²) in [5.74, 6) is 0. The van der Waals surface area contributed by atoms with Gasteiger partial charge in [-0.25, -0.2) is 0 Å². The Balaban J connectivity index is 2.15. The van der Waals surface area contributed by atoms with Crippen LogP contribution in [0.5, 0.6) is 0 Å². The lowest BCUT2D eigenvalue weighted by molar-refractivity contribution is 0.501. The molecule has 1 aromatic rings. The van der Waals surface area contributed by atoms with Crippen LogP contribution in [-0.2, 0) is 0 Å².